The van der Waals surface area contributed by atoms with Gasteiger partial charge in [0.25, 0.3) is 5.91 Å². The van der Waals surface area contributed by atoms with Crippen molar-refractivity contribution in [1.82, 2.24) is 21.1 Å². The number of anilines is 1. The number of benzene rings is 2. The van der Waals surface area contributed by atoms with Crippen LogP contribution in [0.4, 0.5) is 5.69 Å². The predicted octanol–water partition coefficient (Wildman–Crippen LogP) is 2.08. The Balaban J connectivity index is 1.26. The largest absolute Gasteiger partial charge is 0.378 e. The number of carbonyl (C=O) groups excluding carboxylic acids is 2. The summed E-state index contributed by atoms with van der Waals surface area (Å²) in [5.41, 5.74) is 9.27. The Morgan fingerprint density at radius 1 is 1.00 bits per heavy atom. The molecule has 2 aromatic carbocycles. The van der Waals surface area contributed by atoms with Gasteiger partial charge in [0.15, 0.2) is 0 Å². The Morgan fingerprint density at radius 2 is 1.74 bits per heavy atom. The number of hydrogen-bond donors (Lipinski definition) is 3. The molecule has 7 nitrogen and oxygen atoms in total. The zero-order chi connectivity index (χ0) is 21.8. The Hall–Kier alpha value is -2.90. The number of piperidine rings is 1. The molecule has 0 aromatic heterocycles. The second-order valence-electron chi connectivity index (χ2n) is 8.56. The molecular weight excluding hydrogens is 390 g/mol. The van der Waals surface area contributed by atoms with E-state index in [1.165, 1.54) is 5.56 Å². The lowest BCUT2D eigenvalue weighted by Crippen LogP contribution is -2.51. The topological polar surface area (TPSA) is 76.7 Å². The monoisotopic (exact) mass is 421 g/mol. The van der Waals surface area contributed by atoms with E-state index in [2.05, 4.69) is 28.3 Å². The first kappa shape index (κ1) is 21.3. The van der Waals surface area contributed by atoms with E-state index < -0.39 is 0 Å². The van der Waals surface area contributed by atoms with Gasteiger partial charge in [0.2, 0.25) is 5.91 Å². The smallest absolute Gasteiger partial charge is 0.251 e. The molecule has 2 aromatic rings. The maximum atomic E-state index is 13.0. The van der Waals surface area contributed by atoms with Gasteiger partial charge >= 0.3 is 0 Å². The minimum Gasteiger partial charge on any atom is -0.378 e. The molecule has 0 bridgehead atoms. The van der Waals surface area contributed by atoms with Gasteiger partial charge < -0.3 is 15.1 Å². The van der Waals surface area contributed by atoms with Crippen molar-refractivity contribution in [2.45, 2.75) is 37.4 Å². The van der Waals surface area contributed by atoms with Gasteiger partial charge in [-0.1, -0.05) is 36.4 Å². The summed E-state index contributed by atoms with van der Waals surface area (Å²) in [7, 11) is 3.92. The Morgan fingerprint density at radius 3 is 2.45 bits per heavy atom. The van der Waals surface area contributed by atoms with Gasteiger partial charge in [0.1, 0.15) is 6.04 Å². The van der Waals surface area contributed by atoms with Crippen LogP contribution in [-0.2, 0) is 4.79 Å². The Kier molecular flexibility index (Phi) is 6.53. The van der Waals surface area contributed by atoms with Crippen molar-refractivity contribution in [2.75, 3.05) is 32.1 Å². The van der Waals surface area contributed by atoms with Gasteiger partial charge in [-0.05, 0) is 43.0 Å². The lowest BCUT2D eigenvalue weighted by Gasteiger charge is -2.33. The van der Waals surface area contributed by atoms with Gasteiger partial charge in [-0.3, -0.25) is 9.59 Å². The number of amides is 2. The quantitative estimate of drug-likeness (QED) is 0.689. The highest BCUT2D eigenvalue weighted by Gasteiger charge is 2.34. The number of carbonyl (C=O) groups is 2. The van der Waals surface area contributed by atoms with Crippen LogP contribution in [0, 0.1) is 0 Å². The van der Waals surface area contributed by atoms with Crippen LogP contribution in [0.25, 0.3) is 0 Å². The number of likely N-dealkylation sites (tertiary alicyclic amines) is 1. The first-order valence-corrected chi connectivity index (χ1v) is 10.9. The molecule has 2 aliphatic heterocycles. The first-order valence-electron chi connectivity index (χ1n) is 10.9. The summed E-state index contributed by atoms with van der Waals surface area (Å²) in [5, 5.41) is 3.14. The molecule has 2 saturated heterocycles. The van der Waals surface area contributed by atoms with Crippen LogP contribution in [0.15, 0.2) is 54.6 Å². The summed E-state index contributed by atoms with van der Waals surface area (Å²) < 4.78 is 0. The van der Waals surface area contributed by atoms with E-state index in [4.69, 9.17) is 0 Å². The average molecular weight is 422 g/mol. The Bertz CT molecular complexity index is 909. The number of hydrogen-bond acceptors (Lipinski definition) is 5. The van der Waals surface area contributed by atoms with E-state index in [1.807, 2.05) is 66.4 Å². The minimum atomic E-state index is -0.217. The maximum Gasteiger partial charge on any atom is 0.251 e. The zero-order valence-electron chi connectivity index (χ0n) is 18.2. The van der Waals surface area contributed by atoms with Gasteiger partial charge in [0.05, 0.1) is 0 Å². The fourth-order valence-electron chi connectivity index (χ4n) is 4.28. The summed E-state index contributed by atoms with van der Waals surface area (Å²) >= 11 is 0. The van der Waals surface area contributed by atoms with Gasteiger partial charge in [-0.25, -0.2) is 10.9 Å². The second kappa shape index (κ2) is 9.49. The highest BCUT2D eigenvalue weighted by Crippen LogP contribution is 2.24. The van der Waals surface area contributed by atoms with Gasteiger partial charge in [0, 0.05) is 50.5 Å². The molecule has 4 rings (SSSR count). The summed E-state index contributed by atoms with van der Waals surface area (Å²) in [4.78, 5) is 29.5. The van der Waals surface area contributed by atoms with Crippen LogP contribution < -0.4 is 21.1 Å². The normalized spacial score (nSPS) is 21.7. The van der Waals surface area contributed by atoms with Crippen LogP contribution in [-0.4, -0.2) is 56.0 Å². The van der Waals surface area contributed by atoms with Crippen molar-refractivity contribution >= 4 is 17.5 Å². The van der Waals surface area contributed by atoms with Crippen LogP contribution in [0.5, 0.6) is 0 Å². The molecule has 0 spiro atoms. The fraction of sp³-hybridized carbons (Fsp3) is 0.417. The van der Waals surface area contributed by atoms with Crippen LogP contribution in [0.3, 0.4) is 0 Å². The van der Waals surface area contributed by atoms with E-state index in [9.17, 15) is 9.59 Å². The van der Waals surface area contributed by atoms with Crippen molar-refractivity contribution in [3.05, 3.63) is 65.7 Å². The molecule has 2 unspecified atom stereocenters. The SMILES string of the molecule is CN(C)c1cccc(C(=O)NC2CCN(C(=O)C3CC(c4ccccc4)NN3)CC2)c1. The molecule has 2 amide bonds. The van der Waals surface area contributed by atoms with Gasteiger partial charge in [-0.15, -0.1) is 0 Å². The number of nitrogens with one attached hydrogen (secondary N) is 3. The van der Waals surface area contributed by atoms with Crippen LogP contribution in [0.1, 0.15) is 41.2 Å². The van der Waals surface area contributed by atoms with Crippen molar-refractivity contribution in [1.29, 1.82) is 0 Å². The first-order chi connectivity index (χ1) is 15.0. The molecule has 0 radical (unpaired) electrons. The van der Waals surface area contributed by atoms with Crippen LogP contribution >= 0.6 is 0 Å². The summed E-state index contributed by atoms with van der Waals surface area (Å²) in [6.45, 7) is 1.32. The molecule has 2 aliphatic rings. The standard InChI is InChI=1S/C24H31N5O2/c1-28(2)20-10-6-9-18(15-20)23(30)25-19-11-13-29(14-12-19)24(31)22-16-21(26-27-22)17-7-4-3-5-8-17/h3-10,15,19,21-22,26-27H,11-14,16H2,1-2H3,(H,25,30). The lowest BCUT2D eigenvalue weighted by molar-refractivity contribution is -0.134. The average Bonchev–Trinajstić information content (AvgIpc) is 3.30. The molecular formula is C24H31N5O2. The molecule has 31 heavy (non-hydrogen) atoms. The van der Waals surface area contributed by atoms with E-state index in [0.717, 1.165) is 24.9 Å². The third kappa shape index (κ3) is 5.06. The molecule has 2 atom stereocenters. The van der Waals surface area contributed by atoms with Crippen molar-refractivity contribution in [3.8, 4) is 0 Å². The van der Waals surface area contributed by atoms with E-state index in [1.54, 1.807) is 0 Å². The van der Waals surface area contributed by atoms with Gasteiger partial charge in [-0.2, -0.15) is 0 Å². The highest BCUT2D eigenvalue weighted by molar-refractivity contribution is 5.95. The number of hydrazine groups is 1. The minimum absolute atomic E-state index is 0.0548. The molecule has 0 aliphatic carbocycles. The molecule has 3 N–H and O–H groups in total. The maximum absolute atomic E-state index is 13.0. The predicted molar refractivity (Wildman–Crippen MR) is 122 cm³/mol. The Labute approximate surface area is 183 Å². The summed E-state index contributed by atoms with van der Waals surface area (Å²) in [6.07, 6.45) is 2.28. The molecule has 2 fully saturated rings. The molecule has 0 saturated carbocycles. The van der Waals surface area contributed by atoms with Crippen molar-refractivity contribution in [3.63, 3.8) is 0 Å². The summed E-state index contributed by atoms with van der Waals surface area (Å²) in [5.74, 6) is 0.0789. The van der Waals surface area contributed by atoms with Crippen molar-refractivity contribution in [2.24, 2.45) is 0 Å². The fourth-order valence-corrected chi connectivity index (χ4v) is 4.28. The van der Waals surface area contributed by atoms with Crippen LogP contribution in [0.2, 0.25) is 0 Å². The summed E-state index contributed by atoms with van der Waals surface area (Å²) in [6, 6.07) is 17.8. The molecule has 7 heteroatoms. The third-order valence-electron chi connectivity index (χ3n) is 6.17. The third-order valence-corrected chi connectivity index (χ3v) is 6.17. The second-order valence-corrected chi connectivity index (χ2v) is 8.56. The number of nitrogens with zero attached hydrogens (tertiary/aromatic N) is 2. The zero-order valence-corrected chi connectivity index (χ0v) is 18.2. The molecule has 2 heterocycles. The van der Waals surface area contributed by atoms with E-state index in [-0.39, 0.29) is 29.9 Å². The number of rotatable bonds is 5. The van der Waals surface area contributed by atoms with Crippen molar-refractivity contribution < 1.29 is 9.59 Å². The highest BCUT2D eigenvalue weighted by atomic mass is 16.2. The van der Waals surface area contributed by atoms with E-state index in [0.29, 0.717) is 18.7 Å². The lowest BCUT2D eigenvalue weighted by atomic mass is 9.99. The molecule has 164 valence electrons. The van der Waals surface area contributed by atoms with E-state index >= 15 is 0 Å².